The summed E-state index contributed by atoms with van der Waals surface area (Å²) >= 11 is 9.52. The Morgan fingerprint density at radius 3 is 2.53 bits per heavy atom. The third kappa shape index (κ3) is 5.34. The van der Waals surface area contributed by atoms with Gasteiger partial charge in [0.15, 0.2) is 28.9 Å². The minimum Gasteiger partial charge on any atom is -0.387 e. The van der Waals surface area contributed by atoms with E-state index in [1.807, 2.05) is 0 Å². The quantitative estimate of drug-likeness (QED) is 0.103. The standard InChI is InChI=1S/C22H27N11O10P2S2/c1-25-22-28-16(23)9-17(30-22)32(4-26-9)11-8-13-7(40-14(8)11)3-39-45(37,47)43-15-12(34)6(2-38-44(36,46)42-13)41-20(15)33-5-27-10-18(33)29-21(24)31-19(10)35/h4-8,11-15,20,34H,2-3H2,1H3,(H,36,46)(H,37,47)(H3,23,25,28,30)(H3,24,29,31,35)/t6-,7-,8?,11+,12?,13?,14?,15?,20-,44?,45?/m1/s1. The number of H-pyrrole nitrogens is 1. The first-order chi connectivity index (χ1) is 22.3. The molecule has 8 N–H and O–H groups in total. The van der Waals surface area contributed by atoms with E-state index in [0.29, 0.717) is 17.1 Å². The van der Waals surface area contributed by atoms with Crippen LogP contribution in [0.2, 0.25) is 0 Å². The van der Waals surface area contributed by atoms with E-state index in [1.165, 1.54) is 10.9 Å². The normalized spacial score (nSPS) is 38.8. The van der Waals surface area contributed by atoms with E-state index in [4.69, 9.17) is 50.8 Å². The van der Waals surface area contributed by atoms with Crippen molar-refractivity contribution in [3.8, 4) is 0 Å². The summed E-state index contributed by atoms with van der Waals surface area (Å²) in [4.78, 5) is 47.0. The SMILES string of the molecule is CNc1nc(N)c2ncn([C@@H]3C4O[C@@H]5COP(O)(=S)OC6C(O)[C@@H](COP(=O)(S)OC5C43)O[C@H]6n3cnc4c(=O)[nH]c(N)nc43)c2n1. The van der Waals surface area contributed by atoms with Crippen molar-refractivity contribution >= 4 is 77.6 Å². The van der Waals surface area contributed by atoms with Gasteiger partial charge in [-0.2, -0.15) is 15.0 Å². The molecule has 0 spiro atoms. The molecule has 7 unspecified atom stereocenters. The topological polar surface area (TPSA) is 284 Å². The number of thiol groups is 1. The Labute approximate surface area is 273 Å². The highest BCUT2D eigenvalue weighted by Gasteiger charge is 2.67. The summed E-state index contributed by atoms with van der Waals surface area (Å²) < 4.78 is 52.0. The maximum Gasteiger partial charge on any atom is 0.386 e. The molecular weight excluding hydrogens is 704 g/mol. The van der Waals surface area contributed by atoms with Crippen molar-refractivity contribution in [2.45, 2.75) is 48.9 Å². The average Bonchev–Trinajstić information content (AvgIpc) is 3.40. The van der Waals surface area contributed by atoms with Gasteiger partial charge in [-0.1, -0.05) is 12.2 Å². The van der Waals surface area contributed by atoms with Gasteiger partial charge in [0.1, 0.15) is 36.0 Å². The molecule has 25 heteroatoms. The number of nitrogens with two attached hydrogens (primary N) is 2. The van der Waals surface area contributed by atoms with E-state index in [-0.39, 0.29) is 41.5 Å². The molecule has 3 saturated heterocycles. The molecule has 8 rings (SSSR count). The zero-order valence-electron chi connectivity index (χ0n) is 24.0. The maximum atomic E-state index is 13.6. The predicted molar refractivity (Wildman–Crippen MR) is 168 cm³/mol. The Bertz CT molecular complexity index is 2060. The zero-order chi connectivity index (χ0) is 33.0. The molecule has 7 heterocycles. The fourth-order valence-electron chi connectivity index (χ4n) is 6.28. The Hall–Kier alpha value is -2.79. The number of nitrogen functional groups attached to an aromatic ring is 2. The number of aromatic amines is 1. The van der Waals surface area contributed by atoms with E-state index >= 15 is 0 Å². The Balaban J connectivity index is 1.08. The van der Waals surface area contributed by atoms with Crippen molar-refractivity contribution in [2.24, 2.45) is 5.92 Å². The second kappa shape index (κ2) is 11.1. The van der Waals surface area contributed by atoms with Crippen molar-refractivity contribution in [3.63, 3.8) is 0 Å². The Kier molecular flexibility index (Phi) is 7.45. The fraction of sp³-hybridized carbons (Fsp3) is 0.545. The van der Waals surface area contributed by atoms with Gasteiger partial charge in [0.05, 0.1) is 38.0 Å². The van der Waals surface area contributed by atoms with Gasteiger partial charge in [-0.25, -0.2) is 14.5 Å². The third-order valence-corrected chi connectivity index (χ3v) is 11.6. The van der Waals surface area contributed by atoms with Gasteiger partial charge in [0, 0.05) is 13.0 Å². The first kappa shape index (κ1) is 31.5. The molecule has 47 heavy (non-hydrogen) atoms. The van der Waals surface area contributed by atoms with Crippen LogP contribution in [-0.4, -0.2) is 106 Å². The van der Waals surface area contributed by atoms with Crippen LogP contribution in [0.3, 0.4) is 0 Å². The number of aliphatic hydroxyl groups excluding tert-OH is 1. The molecule has 2 bridgehead atoms. The number of anilines is 3. The molecule has 3 aliphatic heterocycles. The second-order valence-electron chi connectivity index (χ2n) is 11.2. The van der Waals surface area contributed by atoms with Crippen molar-refractivity contribution in [1.82, 2.24) is 39.0 Å². The lowest BCUT2D eigenvalue weighted by Gasteiger charge is -2.29. The zero-order valence-corrected chi connectivity index (χ0v) is 27.5. The predicted octanol–water partition coefficient (Wildman–Crippen LogP) is -0.566. The maximum absolute atomic E-state index is 13.6. The Morgan fingerprint density at radius 1 is 1.02 bits per heavy atom. The number of ether oxygens (including phenoxy) is 2. The molecule has 11 atom stereocenters. The van der Waals surface area contributed by atoms with Crippen molar-refractivity contribution in [1.29, 1.82) is 0 Å². The molecule has 0 aromatic carbocycles. The number of nitrogens with one attached hydrogen (secondary N) is 2. The molecule has 4 aromatic rings. The summed E-state index contributed by atoms with van der Waals surface area (Å²) in [6, 6.07) is -0.348. The van der Waals surface area contributed by atoms with Crippen molar-refractivity contribution < 1.29 is 42.1 Å². The monoisotopic (exact) mass is 731 g/mol. The minimum absolute atomic E-state index is 0.00747. The fourth-order valence-corrected chi connectivity index (χ4v) is 9.20. The number of fused-ring (bicyclic) bond motifs is 7. The van der Waals surface area contributed by atoms with Crippen LogP contribution in [0.4, 0.5) is 17.7 Å². The molecule has 1 saturated carbocycles. The summed E-state index contributed by atoms with van der Waals surface area (Å²) in [6.07, 6.45) is -4.82. The lowest BCUT2D eigenvalue weighted by molar-refractivity contribution is -0.0580. The van der Waals surface area contributed by atoms with E-state index in [0.717, 1.165) is 0 Å². The highest BCUT2D eigenvalue weighted by molar-refractivity contribution is 8.44. The van der Waals surface area contributed by atoms with Crippen LogP contribution in [0.1, 0.15) is 12.3 Å². The largest absolute Gasteiger partial charge is 0.387 e. The smallest absolute Gasteiger partial charge is 0.386 e. The summed E-state index contributed by atoms with van der Waals surface area (Å²) in [5.41, 5.74) is 12.0. The molecule has 4 fully saturated rings. The van der Waals surface area contributed by atoms with Gasteiger partial charge >= 0.3 is 13.5 Å². The number of aliphatic hydroxyl groups is 1. The first-order valence-corrected chi connectivity index (χ1v) is 19.3. The van der Waals surface area contributed by atoms with E-state index in [2.05, 4.69) is 47.5 Å². The Morgan fingerprint density at radius 2 is 1.74 bits per heavy atom. The van der Waals surface area contributed by atoms with Crippen LogP contribution in [-0.2, 0) is 43.9 Å². The summed E-state index contributed by atoms with van der Waals surface area (Å²) in [5, 5.41) is 14.1. The summed E-state index contributed by atoms with van der Waals surface area (Å²) in [5.74, 6) is -0.0974. The van der Waals surface area contributed by atoms with Gasteiger partial charge < -0.3 is 45.3 Å². The number of hydrogen-bond donors (Lipinski definition) is 7. The molecule has 1 aliphatic carbocycles. The third-order valence-electron chi connectivity index (χ3n) is 8.39. The molecule has 21 nitrogen and oxygen atoms in total. The van der Waals surface area contributed by atoms with E-state index in [9.17, 15) is 19.4 Å². The van der Waals surface area contributed by atoms with Crippen LogP contribution in [0.25, 0.3) is 22.3 Å². The van der Waals surface area contributed by atoms with Crippen molar-refractivity contribution in [2.75, 3.05) is 37.0 Å². The lowest BCUT2D eigenvalue weighted by Crippen LogP contribution is -2.35. The number of rotatable bonds is 3. The first-order valence-electron chi connectivity index (χ1n) is 14.0. The number of aromatic nitrogens is 8. The minimum atomic E-state index is -4.15. The molecule has 4 aliphatic rings. The van der Waals surface area contributed by atoms with Crippen LogP contribution in [0, 0.1) is 5.92 Å². The van der Waals surface area contributed by atoms with Crippen LogP contribution in [0.5, 0.6) is 0 Å². The number of imidazole rings is 2. The molecule has 0 amide bonds. The molecule has 4 aromatic heterocycles. The van der Waals surface area contributed by atoms with Crippen LogP contribution in [0.15, 0.2) is 17.4 Å². The summed E-state index contributed by atoms with van der Waals surface area (Å²) in [7, 11) is 1.66. The summed E-state index contributed by atoms with van der Waals surface area (Å²) in [6.45, 7) is -9.10. The van der Waals surface area contributed by atoms with E-state index < -0.39 is 68.5 Å². The highest BCUT2D eigenvalue weighted by atomic mass is 32.7. The number of hydrogen-bond acceptors (Lipinski definition) is 18. The highest BCUT2D eigenvalue weighted by Crippen LogP contribution is 2.64. The van der Waals surface area contributed by atoms with Gasteiger partial charge in [0.25, 0.3) is 5.56 Å². The molecular formula is C22H27N11O10P2S2. The molecule has 0 radical (unpaired) electrons. The number of nitrogens with zero attached hydrogens (tertiary/aromatic N) is 7. The van der Waals surface area contributed by atoms with Crippen molar-refractivity contribution in [3.05, 3.63) is 23.0 Å². The van der Waals surface area contributed by atoms with Gasteiger partial charge in [-0.15, -0.1) is 0 Å². The van der Waals surface area contributed by atoms with Gasteiger partial charge in [0.2, 0.25) is 11.9 Å². The van der Waals surface area contributed by atoms with Crippen LogP contribution >= 0.6 is 25.8 Å². The van der Waals surface area contributed by atoms with Crippen LogP contribution < -0.4 is 22.3 Å². The van der Waals surface area contributed by atoms with Gasteiger partial charge in [-0.3, -0.25) is 27.9 Å². The molecule has 252 valence electrons. The average molecular weight is 732 g/mol. The van der Waals surface area contributed by atoms with Gasteiger partial charge in [-0.05, 0) is 11.8 Å². The lowest BCUT2D eigenvalue weighted by atomic mass is 10.1. The van der Waals surface area contributed by atoms with E-state index in [1.54, 1.807) is 17.9 Å². The second-order valence-corrected chi connectivity index (χ2v) is 16.9.